The fourth-order valence-corrected chi connectivity index (χ4v) is 2.39. The molecule has 0 aliphatic heterocycles. The van der Waals surface area contributed by atoms with Crippen molar-refractivity contribution in [2.24, 2.45) is 0 Å². The highest BCUT2D eigenvalue weighted by molar-refractivity contribution is 5.32. The van der Waals surface area contributed by atoms with Gasteiger partial charge in [-0.05, 0) is 56.1 Å². The van der Waals surface area contributed by atoms with Crippen molar-refractivity contribution in [3.05, 3.63) is 59.9 Å². The Hall–Kier alpha value is -1.87. The molecule has 112 valence electrons. The molecule has 1 heterocycles. The van der Waals surface area contributed by atoms with Gasteiger partial charge < -0.3 is 10.1 Å². The van der Waals surface area contributed by atoms with Crippen molar-refractivity contribution in [3.63, 3.8) is 0 Å². The molecule has 0 bridgehead atoms. The van der Waals surface area contributed by atoms with Crippen molar-refractivity contribution in [3.8, 4) is 5.75 Å². The molecule has 0 saturated carbocycles. The number of aromatic nitrogens is 1. The quantitative estimate of drug-likeness (QED) is 0.840. The van der Waals surface area contributed by atoms with E-state index in [0.29, 0.717) is 0 Å². The molecule has 3 nitrogen and oxygen atoms in total. The van der Waals surface area contributed by atoms with E-state index in [1.165, 1.54) is 11.1 Å². The lowest BCUT2D eigenvalue weighted by Crippen LogP contribution is -2.23. The van der Waals surface area contributed by atoms with E-state index in [1.807, 2.05) is 38.4 Å². The molecule has 0 amide bonds. The van der Waals surface area contributed by atoms with Crippen molar-refractivity contribution in [2.75, 3.05) is 6.54 Å². The van der Waals surface area contributed by atoms with Crippen molar-refractivity contribution < 1.29 is 4.74 Å². The lowest BCUT2D eigenvalue weighted by molar-refractivity contribution is 0.242. The summed E-state index contributed by atoms with van der Waals surface area (Å²) in [7, 11) is 0. The third kappa shape index (κ3) is 4.87. The Morgan fingerprint density at radius 1 is 1.19 bits per heavy atom. The highest BCUT2D eigenvalue weighted by atomic mass is 16.5. The molecule has 2 aromatic rings. The van der Waals surface area contributed by atoms with Crippen LogP contribution < -0.4 is 10.1 Å². The zero-order valence-electron chi connectivity index (χ0n) is 13.0. The van der Waals surface area contributed by atoms with E-state index in [1.54, 1.807) is 0 Å². The summed E-state index contributed by atoms with van der Waals surface area (Å²) < 4.78 is 5.79. The third-order valence-electron chi connectivity index (χ3n) is 3.25. The Labute approximate surface area is 127 Å². The van der Waals surface area contributed by atoms with Gasteiger partial charge in [0.1, 0.15) is 5.75 Å². The number of likely N-dealkylation sites (N-methyl/N-ethyl adjacent to an activating group) is 1. The Morgan fingerprint density at radius 2 is 2.05 bits per heavy atom. The Morgan fingerprint density at radius 3 is 2.71 bits per heavy atom. The minimum atomic E-state index is 0.191. The van der Waals surface area contributed by atoms with Crippen LogP contribution in [0.4, 0.5) is 0 Å². The molecule has 3 heteroatoms. The van der Waals surface area contributed by atoms with Crippen LogP contribution in [0.2, 0.25) is 0 Å². The van der Waals surface area contributed by atoms with E-state index >= 15 is 0 Å². The number of hydrogen-bond acceptors (Lipinski definition) is 3. The third-order valence-corrected chi connectivity index (χ3v) is 3.25. The van der Waals surface area contributed by atoms with Crippen LogP contribution in [0.3, 0.4) is 0 Å². The Balaban J connectivity index is 2.17. The number of benzene rings is 1. The predicted molar refractivity (Wildman–Crippen MR) is 86.6 cm³/mol. The van der Waals surface area contributed by atoms with E-state index in [9.17, 15) is 0 Å². The molecular formula is C18H24N2O. The highest BCUT2D eigenvalue weighted by Gasteiger charge is 2.12. The SMILES string of the molecule is CCNC(Cc1cccnc1)c1cccc(OC(C)C)c1. The number of nitrogens with one attached hydrogen (secondary N) is 1. The minimum Gasteiger partial charge on any atom is -0.491 e. The number of nitrogens with zero attached hydrogens (tertiary/aromatic N) is 1. The summed E-state index contributed by atoms with van der Waals surface area (Å²) in [6, 6.07) is 12.7. The van der Waals surface area contributed by atoms with Crippen LogP contribution in [-0.2, 0) is 6.42 Å². The van der Waals surface area contributed by atoms with Gasteiger partial charge in [0.15, 0.2) is 0 Å². The standard InChI is InChI=1S/C18H24N2O/c1-4-20-18(11-15-7-6-10-19-13-15)16-8-5-9-17(12-16)21-14(2)3/h5-10,12-14,18,20H,4,11H2,1-3H3. The molecule has 1 N–H and O–H groups in total. The first-order chi connectivity index (χ1) is 10.2. The average molecular weight is 284 g/mol. The van der Waals surface area contributed by atoms with Gasteiger partial charge in [0.2, 0.25) is 0 Å². The van der Waals surface area contributed by atoms with E-state index in [4.69, 9.17) is 4.74 Å². The zero-order chi connectivity index (χ0) is 15.1. The van der Waals surface area contributed by atoms with Crippen molar-refractivity contribution in [1.82, 2.24) is 10.3 Å². The molecule has 2 rings (SSSR count). The topological polar surface area (TPSA) is 34.2 Å². The van der Waals surface area contributed by atoms with Gasteiger partial charge in [0.25, 0.3) is 0 Å². The second-order valence-corrected chi connectivity index (χ2v) is 5.41. The minimum absolute atomic E-state index is 0.191. The molecule has 21 heavy (non-hydrogen) atoms. The molecule has 0 aliphatic rings. The van der Waals surface area contributed by atoms with E-state index in [-0.39, 0.29) is 12.1 Å². The van der Waals surface area contributed by atoms with Crippen molar-refractivity contribution >= 4 is 0 Å². The second kappa shape index (κ2) is 7.79. The van der Waals surface area contributed by atoms with Crippen LogP contribution in [0.25, 0.3) is 0 Å². The monoisotopic (exact) mass is 284 g/mol. The molecule has 1 atom stereocenters. The van der Waals surface area contributed by atoms with Gasteiger partial charge in [-0.2, -0.15) is 0 Å². The fraction of sp³-hybridized carbons (Fsp3) is 0.389. The first-order valence-corrected chi connectivity index (χ1v) is 7.58. The summed E-state index contributed by atoms with van der Waals surface area (Å²) in [6.07, 6.45) is 4.85. The van der Waals surface area contributed by atoms with Gasteiger partial charge in [0.05, 0.1) is 6.10 Å². The number of ether oxygens (including phenoxy) is 1. The largest absolute Gasteiger partial charge is 0.491 e. The lowest BCUT2D eigenvalue weighted by Gasteiger charge is -2.20. The van der Waals surface area contributed by atoms with Gasteiger partial charge >= 0.3 is 0 Å². The predicted octanol–water partition coefficient (Wildman–Crippen LogP) is 3.76. The number of hydrogen-bond donors (Lipinski definition) is 1. The van der Waals surface area contributed by atoms with Crippen LogP contribution in [0.1, 0.15) is 37.9 Å². The van der Waals surface area contributed by atoms with E-state index in [0.717, 1.165) is 18.7 Å². The van der Waals surface area contributed by atoms with Gasteiger partial charge in [-0.1, -0.05) is 25.1 Å². The van der Waals surface area contributed by atoms with Crippen LogP contribution in [0, 0.1) is 0 Å². The summed E-state index contributed by atoms with van der Waals surface area (Å²) in [5.41, 5.74) is 2.48. The first kappa shape index (κ1) is 15.5. The van der Waals surface area contributed by atoms with Crippen LogP contribution >= 0.6 is 0 Å². The Kier molecular flexibility index (Phi) is 5.76. The van der Waals surface area contributed by atoms with E-state index < -0.39 is 0 Å². The lowest BCUT2D eigenvalue weighted by atomic mass is 9.99. The number of pyridine rings is 1. The van der Waals surface area contributed by atoms with Crippen LogP contribution in [0.5, 0.6) is 5.75 Å². The van der Waals surface area contributed by atoms with Gasteiger partial charge in [0, 0.05) is 18.4 Å². The fourth-order valence-electron chi connectivity index (χ4n) is 2.39. The summed E-state index contributed by atoms with van der Waals surface area (Å²) in [4.78, 5) is 4.20. The van der Waals surface area contributed by atoms with E-state index in [2.05, 4.69) is 41.5 Å². The zero-order valence-corrected chi connectivity index (χ0v) is 13.0. The maximum atomic E-state index is 5.79. The summed E-state index contributed by atoms with van der Waals surface area (Å²) in [5, 5.41) is 3.54. The highest BCUT2D eigenvalue weighted by Crippen LogP contribution is 2.23. The molecule has 1 unspecified atom stereocenters. The molecular weight excluding hydrogens is 260 g/mol. The molecule has 0 aliphatic carbocycles. The summed E-state index contributed by atoms with van der Waals surface area (Å²) in [5.74, 6) is 0.927. The maximum absolute atomic E-state index is 5.79. The molecule has 0 radical (unpaired) electrons. The number of rotatable bonds is 7. The normalized spacial score (nSPS) is 12.4. The Bertz CT molecular complexity index is 540. The smallest absolute Gasteiger partial charge is 0.120 e. The molecule has 1 aromatic carbocycles. The summed E-state index contributed by atoms with van der Waals surface area (Å²) >= 11 is 0. The molecule has 0 spiro atoms. The van der Waals surface area contributed by atoms with Crippen LogP contribution in [0.15, 0.2) is 48.8 Å². The first-order valence-electron chi connectivity index (χ1n) is 7.58. The molecule has 0 saturated heterocycles. The summed E-state index contributed by atoms with van der Waals surface area (Å²) in [6.45, 7) is 7.15. The average Bonchev–Trinajstić information content (AvgIpc) is 2.47. The maximum Gasteiger partial charge on any atom is 0.120 e. The van der Waals surface area contributed by atoms with Crippen molar-refractivity contribution in [2.45, 2.75) is 39.3 Å². The molecule has 1 aromatic heterocycles. The van der Waals surface area contributed by atoms with Crippen molar-refractivity contribution in [1.29, 1.82) is 0 Å². The van der Waals surface area contributed by atoms with Gasteiger partial charge in [-0.25, -0.2) is 0 Å². The molecule has 0 fully saturated rings. The van der Waals surface area contributed by atoms with Gasteiger partial charge in [-0.15, -0.1) is 0 Å². The van der Waals surface area contributed by atoms with Crippen LogP contribution in [-0.4, -0.2) is 17.6 Å². The van der Waals surface area contributed by atoms with Gasteiger partial charge in [-0.3, -0.25) is 4.98 Å². The second-order valence-electron chi connectivity index (χ2n) is 5.41.